The van der Waals surface area contributed by atoms with Gasteiger partial charge in [-0.25, -0.2) is 31.1 Å². The molecule has 0 bridgehead atoms. The second-order valence-corrected chi connectivity index (χ2v) is 6.00. The predicted octanol–water partition coefficient (Wildman–Crippen LogP) is 5.81. The fourth-order valence-electron chi connectivity index (χ4n) is 1.83. The highest BCUT2D eigenvalue weighted by Gasteiger charge is 2.89. The quantitative estimate of drug-likeness (QED) is 0.180. The third kappa shape index (κ3) is 5.09. The molecule has 0 rings (SSSR count). The lowest BCUT2D eigenvalue weighted by atomic mass is 9.89. The number of carbonyl (C=O) groups is 1. The molecule has 5 atom stereocenters. The van der Waals surface area contributed by atoms with Crippen LogP contribution >= 0.6 is 0 Å². The van der Waals surface area contributed by atoms with Crippen molar-refractivity contribution < 1.29 is 84.2 Å². The van der Waals surface area contributed by atoms with Gasteiger partial charge in [0.05, 0.1) is 0 Å². The molecular formula is C14H9F17O2. The first kappa shape index (κ1) is 31.0. The molecule has 2 nitrogen and oxygen atoms in total. The zero-order valence-electron chi connectivity index (χ0n) is 15.0. The van der Waals surface area contributed by atoms with Crippen LogP contribution in [0.15, 0.2) is 12.7 Å². The predicted molar refractivity (Wildman–Crippen MR) is 71.5 cm³/mol. The Labute approximate surface area is 171 Å². The van der Waals surface area contributed by atoms with Crippen molar-refractivity contribution in [3.05, 3.63) is 12.7 Å². The van der Waals surface area contributed by atoms with Crippen LogP contribution in [0.2, 0.25) is 0 Å². The smallest absolute Gasteiger partial charge is 0.385 e. The standard InChI is InChI=1S/C14H9F17O2/c1-2-3(32)33-9(21)11(24,25)13(28,29)14(30,31)12(26,27)10(22,23)7(18)5(16)4(15)6(17)8(19)20/h2,4-9H,1H2. The van der Waals surface area contributed by atoms with Crippen LogP contribution in [0.3, 0.4) is 0 Å². The van der Waals surface area contributed by atoms with Gasteiger partial charge in [-0.3, -0.25) is 0 Å². The van der Waals surface area contributed by atoms with E-state index in [4.69, 9.17) is 0 Å². The first-order valence-electron chi connectivity index (χ1n) is 7.67. The lowest BCUT2D eigenvalue weighted by Gasteiger charge is -2.41. The van der Waals surface area contributed by atoms with E-state index in [1.807, 2.05) is 0 Å². The lowest BCUT2D eigenvalue weighted by Crippen LogP contribution is -2.71. The molecule has 0 spiro atoms. The third-order valence-electron chi connectivity index (χ3n) is 3.77. The minimum absolute atomic E-state index is 0.221. The van der Waals surface area contributed by atoms with Crippen molar-refractivity contribution in [2.45, 2.75) is 67.1 Å². The molecule has 0 heterocycles. The van der Waals surface area contributed by atoms with Gasteiger partial charge in [0.25, 0.3) is 6.43 Å². The van der Waals surface area contributed by atoms with Gasteiger partial charge in [-0.1, -0.05) is 6.58 Å². The average molecular weight is 532 g/mol. The minimum Gasteiger partial charge on any atom is -0.421 e. The highest BCUT2D eigenvalue weighted by molar-refractivity contribution is 5.81. The molecule has 19 heteroatoms. The van der Waals surface area contributed by atoms with Gasteiger partial charge >= 0.3 is 41.9 Å². The van der Waals surface area contributed by atoms with E-state index < -0.39 is 73.1 Å². The topological polar surface area (TPSA) is 26.3 Å². The van der Waals surface area contributed by atoms with Gasteiger partial charge in [0.2, 0.25) is 6.17 Å². The second-order valence-electron chi connectivity index (χ2n) is 6.00. The van der Waals surface area contributed by atoms with Crippen LogP contribution in [0, 0.1) is 0 Å². The van der Waals surface area contributed by atoms with Crippen molar-refractivity contribution in [2.24, 2.45) is 0 Å². The van der Waals surface area contributed by atoms with Gasteiger partial charge in [-0.15, -0.1) is 0 Å². The first-order valence-corrected chi connectivity index (χ1v) is 7.67. The van der Waals surface area contributed by atoms with E-state index in [9.17, 15) is 79.4 Å². The van der Waals surface area contributed by atoms with Crippen LogP contribution in [-0.2, 0) is 9.53 Å². The summed E-state index contributed by atoms with van der Waals surface area (Å²) >= 11 is 0. The van der Waals surface area contributed by atoms with Crippen LogP contribution in [0.4, 0.5) is 74.6 Å². The number of hydrogen-bond acceptors (Lipinski definition) is 2. The fraction of sp³-hybridized carbons (Fsp3) is 0.786. The Hall–Kier alpha value is -1.98. The average Bonchev–Trinajstić information content (AvgIpc) is 2.70. The van der Waals surface area contributed by atoms with E-state index in [-0.39, 0.29) is 6.08 Å². The first-order chi connectivity index (χ1) is 14.5. The van der Waals surface area contributed by atoms with E-state index in [2.05, 4.69) is 11.3 Å². The van der Waals surface area contributed by atoms with Crippen molar-refractivity contribution in [1.29, 1.82) is 0 Å². The van der Waals surface area contributed by atoms with E-state index in [0.717, 1.165) is 0 Å². The Morgan fingerprint density at radius 2 is 1.03 bits per heavy atom. The molecule has 0 aliphatic carbocycles. The molecule has 33 heavy (non-hydrogen) atoms. The molecule has 0 aromatic heterocycles. The maximum absolute atomic E-state index is 13.5. The summed E-state index contributed by atoms with van der Waals surface area (Å²) in [5.74, 6) is -41.6. The van der Waals surface area contributed by atoms with E-state index >= 15 is 0 Å². The zero-order chi connectivity index (χ0) is 27.0. The molecule has 0 saturated carbocycles. The number of carbonyl (C=O) groups excluding carboxylic acids is 1. The summed E-state index contributed by atoms with van der Waals surface area (Å²) in [6.07, 6.45) is -30.2. The molecular weight excluding hydrogens is 523 g/mol. The molecule has 0 radical (unpaired) electrons. The molecule has 5 unspecified atom stereocenters. The molecule has 0 aliphatic heterocycles. The van der Waals surface area contributed by atoms with Crippen LogP contribution in [0.25, 0.3) is 0 Å². The normalized spacial score (nSPS) is 19.0. The van der Waals surface area contributed by atoms with Crippen LogP contribution in [0.1, 0.15) is 0 Å². The Morgan fingerprint density at radius 1 is 0.636 bits per heavy atom. The Balaban J connectivity index is 6.30. The number of ether oxygens (including phenoxy) is 1. The number of esters is 1. The summed E-state index contributed by atoms with van der Waals surface area (Å²) in [5, 5.41) is 0. The van der Waals surface area contributed by atoms with Crippen molar-refractivity contribution in [1.82, 2.24) is 0 Å². The monoisotopic (exact) mass is 532 g/mol. The number of hydrogen-bond donors (Lipinski definition) is 0. The summed E-state index contributed by atoms with van der Waals surface area (Å²) in [6.45, 7) is 2.43. The maximum atomic E-state index is 13.5. The third-order valence-corrected chi connectivity index (χ3v) is 3.77. The minimum atomic E-state index is -8.23. The van der Waals surface area contributed by atoms with Crippen LogP contribution < -0.4 is 0 Å². The van der Waals surface area contributed by atoms with Gasteiger partial charge in [-0.2, -0.15) is 48.3 Å². The SMILES string of the molecule is C=CC(=O)OC(F)C(F)(F)C(F)(F)C(F)(F)C(F)(F)C(F)(F)C(F)C(F)C(F)C(F)C(F)F. The van der Waals surface area contributed by atoms with E-state index in [0.29, 0.717) is 0 Å². The van der Waals surface area contributed by atoms with Crippen molar-refractivity contribution >= 4 is 5.97 Å². The molecule has 0 amide bonds. The van der Waals surface area contributed by atoms with Crippen molar-refractivity contribution in [2.75, 3.05) is 0 Å². The van der Waals surface area contributed by atoms with Gasteiger partial charge in [-0.05, 0) is 0 Å². The zero-order valence-corrected chi connectivity index (χ0v) is 15.0. The second kappa shape index (κ2) is 9.71. The molecule has 0 aromatic rings. The van der Waals surface area contributed by atoms with E-state index in [1.54, 1.807) is 0 Å². The summed E-state index contributed by atoms with van der Waals surface area (Å²) in [6, 6.07) is 0. The summed E-state index contributed by atoms with van der Waals surface area (Å²) in [4.78, 5) is 10.5. The largest absolute Gasteiger partial charge is 0.421 e. The molecule has 0 fully saturated rings. The Kier molecular flexibility index (Phi) is 9.13. The lowest BCUT2D eigenvalue weighted by molar-refractivity contribution is -0.422. The van der Waals surface area contributed by atoms with Gasteiger partial charge in [0.1, 0.15) is 0 Å². The highest BCUT2D eigenvalue weighted by atomic mass is 19.4. The summed E-state index contributed by atoms with van der Waals surface area (Å²) < 4.78 is 226. The summed E-state index contributed by atoms with van der Waals surface area (Å²) in [5.41, 5.74) is 0. The van der Waals surface area contributed by atoms with Crippen molar-refractivity contribution in [3.8, 4) is 0 Å². The molecule has 0 aliphatic rings. The van der Waals surface area contributed by atoms with E-state index in [1.165, 1.54) is 0 Å². The fourth-order valence-corrected chi connectivity index (χ4v) is 1.83. The maximum Gasteiger partial charge on any atom is 0.385 e. The highest BCUT2D eigenvalue weighted by Crippen LogP contribution is 2.59. The van der Waals surface area contributed by atoms with Gasteiger partial charge in [0, 0.05) is 6.08 Å². The van der Waals surface area contributed by atoms with Crippen molar-refractivity contribution in [3.63, 3.8) is 0 Å². The molecule has 0 N–H and O–H groups in total. The number of halogens is 17. The van der Waals surface area contributed by atoms with Gasteiger partial charge in [0.15, 0.2) is 18.5 Å². The molecule has 196 valence electrons. The van der Waals surface area contributed by atoms with Crippen LogP contribution in [0.5, 0.6) is 0 Å². The van der Waals surface area contributed by atoms with Gasteiger partial charge < -0.3 is 4.74 Å². The Morgan fingerprint density at radius 3 is 1.39 bits per heavy atom. The molecule has 0 saturated heterocycles. The molecule has 0 aromatic carbocycles. The summed E-state index contributed by atoms with van der Waals surface area (Å²) in [7, 11) is 0. The van der Waals surface area contributed by atoms with Crippen LogP contribution in [-0.4, -0.2) is 73.1 Å². The number of alkyl halides is 17. The number of rotatable bonds is 12. The Bertz CT molecular complexity index is 693.